The van der Waals surface area contributed by atoms with Crippen LogP contribution in [-0.4, -0.2) is 51.2 Å². The predicted molar refractivity (Wildman–Crippen MR) is 139 cm³/mol. The Morgan fingerprint density at radius 1 is 1.03 bits per heavy atom. The number of nitrogens with zero attached hydrogens (tertiary/aromatic N) is 3. The number of primary amides is 1. The molecule has 2 heterocycles. The van der Waals surface area contributed by atoms with Gasteiger partial charge < -0.3 is 16.0 Å². The van der Waals surface area contributed by atoms with Crippen LogP contribution in [0.25, 0.3) is 22.0 Å². The largest absolute Gasteiger partial charge is 0.364 e. The van der Waals surface area contributed by atoms with Gasteiger partial charge in [-0.2, -0.15) is 5.10 Å². The van der Waals surface area contributed by atoms with Crippen molar-refractivity contribution in [1.82, 2.24) is 14.7 Å². The molecule has 1 aliphatic heterocycles. The van der Waals surface area contributed by atoms with E-state index in [4.69, 9.17) is 17.3 Å². The fourth-order valence-electron chi connectivity index (χ4n) is 4.69. The monoisotopic (exact) mass is 537 g/mol. The van der Waals surface area contributed by atoms with E-state index in [0.29, 0.717) is 21.5 Å². The van der Waals surface area contributed by atoms with Crippen molar-refractivity contribution in [3.05, 3.63) is 83.3 Å². The van der Waals surface area contributed by atoms with Gasteiger partial charge in [0, 0.05) is 28.0 Å². The molecule has 0 spiro atoms. The van der Waals surface area contributed by atoms with Gasteiger partial charge in [-0.25, -0.2) is 8.78 Å². The maximum atomic E-state index is 15.3. The number of fused-ring (bicyclic) bond motifs is 1. The lowest BCUT2D eigenvalue weighted by Gasteiger charge is -2.24. The van der Waals surface area contributed by atoms with Crippen molar-refractivity contribution in [1.29, 1.82) is 0 Å². The topological polar surface area (TPSA) is 110 Å². The summed E-state index contributed by atoms with van der Waals surface area (Å²) in [5.74, 6) is -2.77. The van der Waals surface area contributed by atoms with Crippen LogP contribution in [-0.2, 0) is 16.1 Å². The van der Waals surface area contributed by atoms with Crippen molar-refractivity contribution in [2.45, 2.75) is 25.2 Å². The van der Waals surface area contributed by atoms with E-state index in [-0.39, 0.29) is 36.5 Å². The van der Waals surface area contributed by atoms with E-state index in [1.54, 1.807) is 54.6 Å². The summed E-state index contributed by atoms with van der Waals surface area (Å²) in [4.78, 5) is 39.3. The standard InChI is InChI=1S/C27H22ClF2N5O3/c28-19-9-3-1-6-16(19)17-8-5-10-20(24(17)30)32-27(38)22-12-15(29)13-34(22)23(36)14-35-21-11-4-2-7-18(21)25(33-35)26(31)37/h1-11,15,22H,12-14H2,(H2,31,37)(H,32,38)/t15-,22+/m1/s1. The van der Waals surface area contributed by atoms with Crippen LogP contribution in [0.2, 0.25) is 5.02 Å². The number of nitrogens with one attached hydrogen (secondary N) is 1. The molecule has 4 aromatic rings. The normalized spacial score (nSPS) is 17.1. The number of nitrogens with two attached hydrogens (primary N) is 1. The summed E-state index contributed by atoms with van der Waals surface area (Å²) in [5.41, 5.74) is 6.43. The van der Waals surface area contributed by atoms with Gasteiger partial charge in [0.25, 0.3) is 5.91 Å². The van der Waals surface area contributed by atoms with E-state index in [2.05, 4.69) is 10.4 Å². The molecule has 3 aromatic carbocycles. The number of halogens is 3. The highest BCUT2D eigenvalue weighted by molar-refractivity contribution is 6.33. The lowest BCUT2D eigenvalue weighted by molar-refractivity contribution is -0.137. The van der Waals surface area contributed by atoms with Crippen molar-refractivity contribution in [3.8, 4) is 11.1 Å². The molecule has 0 saturated carbocycles. The molecular weight excluding hydrogens is 516 g/mol. The van der Waals surface area contributed by atoms with Gasteiger partial charge in [0.1, 0.15) is 18.8 Å². The van der Waals surface area contributed by atoms with Crippen molar-refractivity contribution < 1.29 is 23.2 Å². The summed E-state index contributed by atoms with van der Waals surface area (Å²) >= 11 is 6.21. The van der Waals surface area contributed by atoms with E-state index in [9.17, 15) is 18.8 Å². The van der Waals surface area contributed by atoms with Crippen LogP contribution in [0.1, 0.15) is 16.9 Å². The second-order valence-corrected chi connectivity index (χ2v) is 9.33. The number of hydrogen-bond acceptors (Lipinski definition) is 4. The van der Waals surface area contributed by atoms with Gasteiger partial charge in [0.15, 0.2) is 11.5 Å². The zero-order valence-corrected chi connectivity index (χ0v) is 20.7. The first-order chi connectivity index (χ1) is 18.2. The number of alkyl halides is 1. The Morgan fingerprint density at radius 2 is 1.74 bits per heavy atom. The third-order valence-corrected chi connectivity index (χ3v) is 6.80. The Hall–Kier alpha value is -4.31. The van der Waals surface area contributed by atoms with Crippen LogP contribution in [0.15, 0.2) is 66.7 Å². The molecule has 38 heavy (non-hydrogen) atoms. The molecule has 0 bridgehead atoms. The van der Waals surface area contributed by atoms with Crippen molar-refractivity contribution in [2.75, 3.05) is 11.9 Å². The predicted octanol–water partition coefficient (Wildman–Crippen LogP) is 4.17. The lowest BCUT2D eigenvalue weighted by atomic mass is 10.0. The average molecular weight is 538 g/mol. The Bertz CT molecular complexity index is 1570. The number of carbonyl (C=O) groups is 3. The Kier molecular flexibility index (Phi) is 6.81. The van der Waals surface area contributed by atoms with Gasteiger partial charge >= 0.3 is 0 Å². The first kappa shape index (κ1) is 25.3. The number of carbonyl (C=O) groups excluding carboxylic acids is 3. The summed E-state index contributed by atoms with van der Waals surface area (Å²) in [7, 11) is 0. The van der Waals surface area contributed by atoms with Gasteiger partial charge in [-0.05, 0) is 18.2 Å². The number of likely N-dealkylation sites (tertiary alicyclic amines) is 1. The molecule has 5 rings (SSSR count). The SMILES string of the molecule is NC(=O)c1nn(CC(=O)N2C[C@H](F)C[C@H]2C(=O)Nc2cccc(-c3ccccc3Cl)c2F)c2ccccc12. The third kappa shape index (κ3) is 4.70. The summed E-state index contributed by atoms with van der Waals surface area (Å²) in [6, 6.07) is 16.8. The van der Waals surface area contributed by atoms with Gasteiger partial charge in [0.2, 0.25) is 11.8 Å². The molecule has 194 valence electrons. The summed E-state index contributed by atoms with van der Waals surface area (Å²) in [5, 5.41) is 7.47. The number of rotatable bonds is 6. The number of anilines is 1. The molecular formula is C27H22ClF2N5O3. The lowest BCUT2D eigenvalue weighted by Crippen LogP contribution is -2.44. The van der Waals surface area contributed by atoms with Crippen LogP contribution in [0.5, 0.6) is 0 Å². The second kappa shape index (κ2) is 10.2. The van der Waals surface area contributed by atoms with Crippen LogP contribution in [0, 0.1) is 5.82 Å². The molecule has 0 unspecified atom stereocenters. The Balaban J connectivity index is 1.38. The average Bonchev–Trinajstić information content (AvgIpc) is 3.47. The first-order valence-corrected chi connectivity index (χ1v) is 12.2. The zero-order valence-electron chi connectivity index (χ0n) is 19.9. The maximum Gasteiger partial charge on any atom is 0.269 e. The van der Waals surface area contributed by atoms with Crippen LogP contribution >= 0.6 is 11.6 Å². The van der Waals surface area contributed by atoms with Crippen LogP contribution in [0.3, 0.4) is 0 Å². The Morgan fingerprint density at radius 3 is 2.50 bits per heavy atom. The molecule has 8 nitrogen and oxygen atoms in total. The molecule has 1 aromatic heterocycles. The van der Waals surface area contributed by atoms with Crippen molar-refractivity contribution >= 4 is 45.9 Å². The number of para-hydroxylation sites is 1. The number of amides is 3. The zero-order chi connectivity index (χ0) is 27.0. The van der Waals surface area contributed by atoms with E-state index in [1.807, 2.05) is 0 Å². The van der Waals surface area contributed by atoms with Gasteiger partial charge in [-0.3, -0.25) is 19.1 Å². The highest BCUT2D eigenvalue weighted by Crippen LogP contribution is 2.33. The minimum absolute atomic E-state index is 0.00126. The highest BCUT2D eigenvalue weighted by Gasteiger charge is 2.40. The quantitative estimate of drug-likeness (QED) is 0.384. The molecule has 1 aliphatic rings. The molecule has 11 heteroatoms. The summed E-state index contributed by atoms with van der Waals surface area (Å²) in [6.07, 6.45) is -1.68. The number of aromatic nitrogens is 2. The first-order valence-electron chi connectivity index (χ1n) is 11.8. The molecule has 2 atom stereocenters. The van der Waals surface area contributed by atoms with Crippen LogP contribution in [0.4, 0.5) is 14.5 Å². The fourth-order valence-corrected chi connectivity index (χ4v) is 4.93. The molecule has 1 fully saturated rings. The van der Waals surface area contributed by atoms with Crippen molar-refractivity contribution in [3.63, 3.8) is 0 Å². The van der Waals surface area contributed by atoms with E-state index in [0.717, 1.165) is 4.90 Å². The third-order valence-electron chi connectivity index (χ3n) is 6.47. The van der Waals surface area contributed by atoms with E-state index >= 15 is 4.39 Å². The molecule has 0 radical (unpaired) electrons. The van der Waals surface area contributed by atoms with Gasteiger partial charge in [-0.15, -0.1) is 0 Å². The maximum absolute atomic E-state index is 15.3. The van der Waals surface area contributed by atoms with Crippen molar-refractivity contribution in [2.24, 2.45) is 5.73 Å². The van der Waals surface area contributed by atoms with Gasteiger partial charge in [-0.1, -0.05) is 60.1 Å². The Labute approximate surface area is 221 Å². The fraction of sp³-hybridized carbons (Fsp3) is 0.185. The molecule has 3 amide bonds. The molecule has 3 N–H and O–H groups in total. The van der Waals surface area contributed by atoms with E-state index < -0.39 is 35.8 Å². The second-order valence-electron chi connectivity index (χ2n) is 8.92. The minimum atomic E-state index is -1.44. The molecule has 1 saturated heterocycles. The van der Waals surface area contributed by atoms with Crippen LogP contribution < -0.4 is 11.1 Å². The highest BCUT2D eigenvalue weighted by atomic mass is 35.5. The summed E-state index contributed by atoms with van der Waals surface area (Å²) < 4.78 is 31.1. The van der Waals surface area contributed by atoms with E-state index in [1.165, 1.54) is 16.8 Å². The summed E-state index contributed by atoms with van der Waals surface area (Å²) in [6.45, 7) is -0.651. The smallest absolute Gasteiger partial charge is 0.269 e. The van der Waals surface area contributed by atoms with Gasteiger partial charge in [0.05, 0.1) is 17.7 Å². The minimum Gasteiger partial charge on any atom is -0.364 e. The number of benzene rings is 3. The molecule has 0 aliphatic carbocycles. The number of hydrogen-bond donors (Lipinski definition) is 2.